The lowest BCUT2D eigenvalue weighted by molar-refractivity contribution is -0.137. The molecule has 0 radical (unpaired) electrons. The van der Waals surface area contributed by atoms with Crippen LogP contribution in [-0.2, 0) is 10.9 Å². The molecule has 2 unspecified atom stereocenters. The van der Waals surface area contributed by atoms with Crippen LogP contribution < -0.4 is 10.2 Å². The molecule has 0 bridgehead atoms. The van der Waals surface area contributed by atoms with Crippen LogP contribution in [0.25, 0.3) is 22.3 Å². The first-order valence-corrected chi connectivity index (χ1v) is 16.6. The lowest BCUT2D eigenvalue weighted by atomic mass is 9.93. The van der Waals surface area contributed by atoms with Crippen molar-refractivity contribution in [3.05, 3.63) is 136 Å². The molecule has 1 saturated heterocycles. The number of aromatic nitrogens is 1. The predicted octanol–water partition coefficient (Wildman–Crippen LogP) is 9.08. The maximum absolute atomic E-state index is 13.7. The highest BCUT2D eigenvalue weighted by atomic mass is 35.5. The van der Waals surface area contributed by atoms with Gasteiger partial charge < -0.3 is 20.1 Å². The SMILES string of the molecule is CC1CN(c2ccc(NC(=O)c3cc(-c4ccccc4)c(C(F)(F)F)cc3C#N)cn2)CC(C)O1.N#Cc1ccc(-c2cccc(C(=O)O)c2Cl)cc1. The summed E-state index contributed by atoms with van der Waals surface area (Å²) in [6, 6.07) is 28.6. The first-order chi connectivity index (χ1) is 25.3. The number of aromatic carboxylic acids is 1. The first kappa shape index (κ1) is 38.0. The number of rotatable bonds is 6. The van der Waals surface area contributed by atoms with Gasteiger partial charge in [-0.2, -0.15) is 23.7 Å². The predicted molar refractivity (Wildman–Crippen MR) is 195 cm³/mol. The molecule has 1 aliphatic rings. The monoisotopic (exact) mass is 737 g/mol. The largest absolute Gasteiger partial charge is 0.478 e. The fraction of sp³-hybridized carbons (Fsp3) is 0.175. The van der Waals surface area contributed by atoms with E-state index < -0.39 is 23.6 Å². The lowest BCUT2D eigenvalue weighted by Crippen LogP contribution is -2.45. The van der Waals surface area contributed by atoms with E-state index in [9.17, 15) is 28.0 Å². The molecule has 4 aromatic carbocycles. The molecule has 268 valence electrons. The van der Waals surface area contributed by atoms with Crippen molar-refractivity contribution in [2.75, 3.05) is 23.3 Å². The normalized spacial score (nSPS) is 15.3. The number of anilines is 2. The number of hydrogen-bond donors (Lipinski definition) is 2. The van der Waals surface area contributed by atoms with E-state index in [0.29, 0.717) is 35.5 Å². The molecular formula is C40H31ClF3N5O4. The van der Waals surface area contributed by atoms with Gasteiger partial charge in [-0.25, -0.2) is 9.78 Å². The quantitative estimate of drug-likeness (QED) is 0.176. The highest BCUT2D eigenvalue weighted by Gasteiger charge is 2.35. The van der Waals surface area contributed by atoms with Gasteiger partial charge in [0.15, 0.2) is 0 Å². The van der Waals surface area contributed by atoms with Gasteiger partial charge in [-0.05, 0) is 73.0 Å². The van der Waals surface area contributed by atoms with Crippen LogP contribution in [0.2, 0.25) is 5.02 Å². The highest BCUT2D eigenvalue weighted by molar-refractivity contribution is 6.36. The number of benzene rings is 4. The molecule has 0 spiro atoms. The van der Waals surface area contributed by atoms with Crippen molar-refractivity contribution >= 4 is 35.0 Å². The van der Waals surface area contributed by atoms with E-state index in [2.05, 4.69) is 15.2 Å². The molecule has 0 aliphatic carbocycles. The van der Waals surface area contributed by atoms with E-state index in [0.717, 1.165) is 23.5 Å². The van der Waals surface area contributed by atoms with Crippen molar-refractivity contribution in [2.24, 2.45) is 0 Å². The molecule has 5 aromatic rings. The molecule has 2 atom stereocenters. The lowest BCUT2D eigenvalue weighted by Gasteiger charge is -2.36. The fourth-order valence-corrected chi connectivity index (χ4v) is 6.14. The Kier molecular flexibility index (Phi) is 11.8. The number of carbonyl (C=O) groups excluding carboxylic acids is 1. The van der Waals surface area contributed by atoms with E-state index in [-0.39, 0.29) is 39.5 Å². The van der Waals surface area contributed by atoms with Gasteiger partial charge in [-0.1, -0.05) is 66.2 Å². The maximum atomic E-state index is 13.7. The number of morpholine rings is 1. The average molecular weight is 738 g/mol. The van der Waals surface area contributed by atoms with E-state index in [1.54, 1.807) is 72.8 Å². The first-order valence-electron chi connectivity index (χ1n) is 16.2. The second-order valence-electron chi connectivity index (χ2n) is 12.1. The van der Waals surface area contributed by atoms with Crippen molar-refractivity contribution in [3.63, 3.8) is 0 Å². The summed E-state index contributed by atoms with van der Waals surface area (Å²) >= 11 is 6.07. The number of nitrogens with one attached hydrogen (secondary N) is 1. The number of carboxylic acids is 1. The van der Waals surface area contributed by atoms with Crippen LogP contribution in [0.4, 0.5) is 24.7 Å². The third-order valence-corrected chi connectivity index (χ3v) is 8.62. The molecule has 13 heteroatoms. The second kappa shape index (κ2) is 16.4. The Labute approximate surface area is 308 Å². The van der Waals surface area contributed by atoms with Crippen molar-refractivity contribution < 1.29 is 32.6 Å². The Hall–Kier alpha value is -6.21. The van der Waals surface area contributed by atoms with Gasteiger partial charge in [0.1, 0.15) is 5.82 Å². The maximum Gasteiger partial charge on any atom is 0.417 e. The number of carboxylic acid groups (broad SMARTS) is 1. The van der Waals surface area contributed by atoms with Crippen LogP contribution in [0, 0.1) is 22.7 Å². The standard InChI is InChI=1S/C26H23F3N4O2.C14H8ClNO2/c1-16-14-33(15-17(2)35-16)24-9-8-20(13-31-24)32-25(34)22-11-21(18-6-4-3-5-7-18)23(26(27,28)29)10-19(22)12-30;15-13-11(2-1-3-12(13)14(17)18)10-6-4-9(8-16)5-7-10/h3-11,13,16-17H,14-15H2,1-2H3,(H,32,34);1-7H,(H,17,18). The van der Waals surface area contributed by atoms with Crippen molar-refractivity contribution in [1.29, 1.82) is 10.5 Å². The van der Waals surface area contributed by atoms with Crippen LogP contribution in [0.5, 0.6) is 0 Å². The minimum atomic E-state index is -4.69. The number of nitriles is 2. The minimum Gasteiger partial charge on any atom is -0.478 e. The fourth-order valence-electron chi connectivity index (χ4n) is 5.83. The summed E-state index contributed by atoms with van der Waals surface area (Å²) in [4.78, 5) is 30.5. The summed E-state index contributed by atoms with van der Waals surface area (Å²) in [5.41, 5.74) is 1.01. The Morgan fingerprint density at radius 1 is 0.868 bits per heavy atom. The number of hydrogen-bond acceptors (Lipinski definition) is 7. The van der Waals surface area contributed by atoms with Crippen LogP contribution in [-0.4, -0.2) is 47.3 Å². The minimum absolute atomic E-state index is 0.0582. The molecular weight excluding hydrogens is 707 g/mol. The van der Waals surface area contributed by atoms with Gasteiger partial charge in [0.2, 0.25) is 0 Å². The highest BCUT2D eigenvalue weighted by Crippen LogP contribution is 2.39. The Morgan fingerprint density at radius 3 is 2.09 bits per heavy atom. The topological polar surface area (TPSA) is 139 Å². The summed E-state index contributed by atoms with van der Waals surface area (Å²) in [7, 11) is 0. The molecule has 53 heavy (non-hydrogen) atoms. The summed E-state index contributed by atoms with van der Waals surface area (Å²) in [5.74, 6) is -1.03. The van der Waals surface area contributed by atoms with Gasteiger partial charge >= 0.3 is 12.1 Å². The number of amides is 1. The van der Waals surface area contributed by atoms with Crippen molar-refractivity contribution in [1.82, 2.24) is 4.98 Å². The summed E-state index contributed by atoms with van der Waals surface area (Å²) < 4.78 is 47.0. The van der Waals surface area contributed by atoms with Crippen molar-refractivity contribution in [3.8, 4) is 34.4 Å². The van der Waals surface area contributed by atoms with Gasteiger partial charge in [0.05, 0.1) is 69.1 Å². The van der Waals surface area contributed by atoms with E-state index >= 15 is 0 Å². The molecule has 1 fully saturated rings. The number of alkyl halides is 3. The third kappa shape index (κ3) is 9.18. The van der Waals surface area contributed by atoms with E-state index in [4.69, 9.17) is 26.7 Å². The smallest absolute Gasteiger partial charge is 0.417 e. The Morgan fingerprint density at radius 2 is 1.53 bits per heavy atom. The van der Waals surface area contributed by atoms with Crippen LogP contribution in [0.1, 0.15) is 51.3 Å². The number of halogens is 4. The average Bonchev–Trinajstić information content (AvgIpc) is 3.14. The van der Waals surface area contributed by atoms with Gasteiger partial charge in [-0.15, -0.1) is 0 Å². The number of pyridine rings is 1. The van der Waals surface area contributed by atoms with E-state index in [1.807, 2.05) is 19.9 Å². The van der Waals surface area contributed by atoms with Crippen LogP contribution in [0.15, 0.2) is 103 Å². The molecule has 1 aliphatic heterocycles. The van der Waals surface area contributed by atoms with Gasteiger partial charge in [0, 0.05) is 18.7 Å². The zero-order valence-corrected chi connectivity index (χ0v) is 29.1. The molecule has 2 heterocycles. The zero-order chi connectivity index (χ0) is 38.3. The summed E-state index contributed by atoms with van der Waals surface area (Å²) in [5, 5.41) is 30.0. The van der Waals surface area contributed by atoms with Gasteiger partial charge in [-0.3, -0.25) is 4.79 Å². The Balaban J connectivity index is 0.000000252. The molecule has 0 saturated carbocycles. The molecule has 9 nitrogen and oxygen atoms in total. The second-order valence-corrected chi connectivity index (χ2v) is 12.5. The van der Waals surface area contributed by atoms with E-state index in [1.165, 1.54) is 24.4 Å². The van der Waals surface area contributed by atoms with Crippen molar-refractivity contribution in [2.45, 2.75) is 32.2 Å². The molecule has 1 aromatic heterocycles. The zero-order valence-electron chi connectivity index (χ0n) is 28.4. The summed E-state index contributed by atoms with van der Waals surface area (Å²) in [6.45, 7) is 5.33. The molecule has 6 rings (SSSR count). The number of carbonyl (C=O) groups is 2. The summed E-state index contributed by atoms with van der Waals surface area (Å²) in [6.07, 6.45) is -3.10. The Bertz CT molecular complexity index is 2190. The molecule has 1 amide bonds. The van der Waals surface area contributed by atoms with Crippen LogP contribution >= 0.6 is 11.6 Å². The number of nitrogens with zero attached hydrogens (tertiary/aromatic N) is 4. The van der Waals surface area contributed by atoms with Crippen LogP contribution in [0.3, 0.4) is 0 Å². The number of ether oxygens (including phenoxy) is 1. The molecule has 2 N–H and O–H groups in total. The third-order valence-electron chi connectivity index (χ3n) is 8.22. The van der Waals surface area contributed by atoms with Gasteiger partial charge in [0.25, 0.3) is 5.91 Å².